The monoisotopic (exact) mass is 368 g/mol. The van der Waals surface area contributed by atoms with Crippen LogP contribution in [0.3, 0.4) is 0 Å². The number of carbonyl (C=O) groups excluding carboxylic acids is 1. The molecular weight excluding hydrogens is 344 g/mol. The van der Waals surface area contributed by atoms with Crippen molar-refractivity contribution in [1.82, 2.24) is 10.2 Å². The summed E-state index contributed by atoms with van der Waals surface area (Å²) in [4.78, 5) is 14.2. The molecule has 0 spiro atoms. The van der Waals surface area contributed by atoms with Crippen LogP contribution in [0, 0.1) is 0 Å². The van der Waals surface area contributed by atoms with Crippen molar-refractivity contribution in [3.8, 4) is 5.75 Å². The highest BCUT2D eigenvalue weighted by molar-refractivity contribution is 9.10. The zero-order chi connectivity index (χ0) is 15.6. The molecule has 1 aromatic carbocycles. The summed E-state index contributed by atoms with van der Waals surface area (Å²) in [6.07, 6.45) is 5.43. The Labute approximate surface area is 141 Å². The van der Waals surface area contributed by atoms with Crippen molar-refractivity contribution < 1.29 is 9.53 Å². The van der Waals surface area contributed by atoms with Gasteiger partial charge in [0, 0.05) is 11.0 Å². The third kappa shape index (κ3) is 6.79. The second-order valence-corrected chi connectivity index (χ2v) is 6.58. The molecule has 0 atom stereocenters. The summed E-state index contributed by atoms with van der Waals surface area (Å²) in [7, 11) is 0. The highest BCUT2D eigenvalue weighted by atomic mass is 79.9. The van der Waals surface area contributed by atoms with Crippen molar-refractivity contribution in [1.29, 1.82) is 0 Å². The Bertz CT molecular complexity index is 462. The Morgan fingerprint density at radius 1 is 1.27 bits per heavy atom. The average molecular weight is 369 g/mol. The van der Waals surface area contributed by atoms with E-state index in [4.69, 9.17) is 4.74 Å². The minimum atomic E-state index is 0.0636. The number of piperidine rings is 1. The Hall–Kier alpha value is -1.07. The van der Waals surface area contributed by atoms with E-state index in [0.717, 1.165) is 29.7 Å². The molecule has 0 aromatic heterocycles. The number of hydrogen-bond donors (Lipinski definition) is 1. The number of carbonyl (C=O) groups is 1. The van der Waals surface area contributed by atoms with Gasteiger partial charge in [0.2, 0.25) is 5.91 Å². The van der Waals surface area contributed by atoms with Gasteiger partial charge in [-0.15, -0.1) is 0 Å². The molecule has 1 amide bonds. The molecule has 0 unspecified atom stereocenters. The lowest BCUT2D eigenvalue weighted by molar-refractivity contribution is -0.121. The van der Waals surface area contributed by atoms with Crippen LogP contribution in [0.1, 0.15) is 32.1 Å². The molecular formula is C17H25BrN2O2. The largest absolute Gasteiger partial charge is 0.493 e. The molecule has 5 heteroatoms. The van der Waals surface area contributed by atoms with Gasteiger partial charge < -0.3 is 15.0 Å². The minimum Gasteiger partial charge on any atom is -0.493 e. The zero-order valence-electron chi connectivity index (χ0n) is 13.0. The van der Waals surface area contributed by atoms with E-state index in [-0.39, 0.29) is 5.91 Å². The van der Waals surface area contributed by atoms with Gasteiger partial charge in [0.1, 0.15) is 5.75 Å². The smallest absolute Gasteiger partial charge is 0.223 e. The van der Waals surface area contributed by atoms with Gasteiger partial charge in [0.15, 0.2) is 0 Å². The molecule has 22 heavy (non-hydrogen) atoms. The number of nitrogens with one attached hydrogen (secondary N) is 1. The van der Waals surface area contributed by atoms with Crippen LogP contribution in [0.25, 0.3) is 0 Å². The van der Waals surface area contributed by atoms with Crippen LogP contribution in [0.4, 0.5) is 0 Å². The van der Waals surface area contributed by atoms with E-state index in [0.29, 0.717) is 13.0 Å². The molecule has 0 aliphatic carbocycles. The molecule has 1 aliphatic rings. The van der Waals surface area contributed by atoms with Crippen molar-refractivity contribution in [3.05, 3.63) is 28.7 Å². The summed E-state index contributed by atoms with van der Waals surface area (Å²) >= 11 is 3.39. The summed E-state index contributed by atoms with van der Waals surface area (Å²) in [6, 6.07) is 7.65. The van der Waals surface area contributed by atoms with Gasteiger partial charge in [-0.1, -0.05) is 28.4 Å². The van der Waals surface area contributed by atoms with Crippen LogP contribution < -0.4 is 10.1 Å². The normalized spacial score (nSPS) is 15.5. The van der Waals surface area contributed by atoms with Crippen molar-refractivity contribution in [2.24, 2.45) is 0 Å². The van der Waals surface area contributed by atoms with Crippen LogP contribution >= 0.6 is 15.9 Å². The number of ether oxygens (including phenoxy) is 1. The molecule has 1 aliphatic heterocycles. The van der Waals surface area contributed by atoms with Crippen LogP contribution in [0.5, 0.6) is 5.75 Å². The van der Waals surface area contributed by atoms with Gasteiger partial charge in [-0.3, -0.25) is 4.79 Å². The summed E-state index contributed by atoms with van der Waals surface area (Å²) < 4.78 is 6.54. The Balaban J connectivity index is 1.50. The first-order chi connectivity index (χ1) is 10.7. The summed E-state index contributed by atoms with van der Waals surface area (Å²) in [6.45, 7) is 4.69. The molecule has 122 valence electrons. The molecule has 0 radical (unpaired) electrons. The van der Waals surface area contributed by atoms with Crippen molar-refractivity contribution >= 4 is 21.8 Å². The second-order valence-electron chi connectivity index (χ2n) is 5.66. The van der Waals surface area contributed by atoms with Gasteiger partial charge >= 0.3 is 0 Å². The Kier molecular flexibility index (Phi) is 7.74. The van der Waals surface area contributed by atoms with Crippen LogP contribution in [-0.2, 0) is 4.79 Å². The highest BCUT2D eigenvalue weighted by Crippen LogP contribution is 2.17. The zero-order valence-corrected chi connectivity index (χ0v) is 14.6. The third-order valence-electron chi connectivity index (χ3n) is 3.82. The first-order valence-corrected chi connectivity index (χ1v) is 8.91. The molecule has 1 N–H and O–H groups in total. The first kappa shape index (κ1) is 17.3. The highest BCUT2D eigenvalue weighted by Gasteiger charge is 2.09. The molecule has 1 aromatic rings. The van der Waals surface area contributed by atoms with Crippen molar-refractivity contribution in [2.75, 3.05) is 32.8 Å². The van der Waals surface area contributed by atoms with E-state index in [1.807, 2.05) is 24.3 Å². The predicted molar refractivity (Wildman–Crippen MR) is 92.2 cm³/mol. The van der Waals surface area contributed by atoms with E-state index in [1.165, 1.54) is 32.4 Å². The fourth-order valence-corrected chi connectivity index (χ4v) is 3.00. The molecule has 1 fully saturated rings. The predicted octanol–water partition coefficient (Wildman–Crippen LogP) is 3.21. The maximum absolute atomic E-state index is 11.7. The molecule has 4 nitrogen and oxygen atoms in total. The van der Waals surface area contributed by atoms with Crippen LogP contribution in [-0.4, -0.2) is 43.6 Å². The number of hydrogen-bond acceptors (Lipinski definition) is 3. The number of amides is 1. The molecule has 2 rings (SSSR count). The van der Waals surface area contributed by atoms with Crippen molar-refractivity contribution in [2.45, 2.75) is 32.1 Å². The number of likely N-dealkylation sites (tertiary alicyclic amines) is 1. The third-order valence-corrected chi connectivity index (χ3v) is 4.31. The quantitative estimate of drug-likeness (QED) is 0.716. The average Bonchev–Trinajstić information content (AvgIpc) is 2.53. The van der Waals surface area contributed by atoms with E-state index in [2.05, 4.69) is 26.1 Å². The molecule has 1 saturated heterocycles. The van der Waals surface area contributed by atoms with Gasteiger partial charge in [-0.25, -0.2) is 0 Å². The number of benzene rings is 1. The van der Waals surface area contributed by atoms with Gasteiger partial charge in [0.25, 0.3) is 0 Å². The molecule has 1 heterocycles. The Morgan fingerprint density at radius 2 is 2.09 bits per heavy atom. The fourth-order valence-electron chi connectivity index (χ4n) is 2.62. The maximum atomic E-state index is 11.7. The lowest BCUT2D eigenvalue weighted by atomic mass is 10.1. The molecule has 0 bridgehead atoms. The van der Waals surface area contributed by atoms with Crippen LogP contribution in [0.2, 0.25) is 0 Å². The van der Waals surface area contributed by atoms with Crippen LogP contribution in [0.15, 0.2) is 28.7 Å². The summed E-state index contributed by atoms with van der Waals surface area (Å²) in [5, 5.41) is 2.97. The van der Waals surface area contributed by atoms with Gasteiger partial charge in [-0.05, 0) is 57.1 Å². The summed E-state index contributed by atoms with van der Waals surface area (Å²) in [5.41, 5.74) is 0. The summed E-state index contributed by atoms with van der Waals surface area (Å²) in [5.74, 6) is 0.848. The number of nitrogens with zero attached hydrogens (tertiary/aromatic N) is 1. The SMILES string of the molecule is O=C(CCOc1cccc(Br)c1)NCCCN1CCCCC1. The maximum Gasteiger partial charge on any atom is 0.223 e. The lowest BCUT2D eigenvalue weighted by Gasteiger charge is -2.26. The number of halogens is 1. The first-order valence-electron chi connectivity index (χ1n) is 8.11. The van der Waals surface area contributed by atoms with Gasteiger partial charge in [-0.2, -0.15) is 0 Å². The minimum absolute atomic E-state index is 0.0636. The lowest BCUT2D eigenvalue weighted by Crippen LogP contribution is -2.33. The fraction of sp³-hybridized carbons (Fsp3) is 0.588. The van der Waals surface area contributed by atoms with E-state index in [1.54, 1.807) is 0 Å². The standard InChI is InChI=1S/C17H25BrN2O2/c18-15-6-4-7-16(14-15)22-13-8-17(21)19-9-5-12-20-10-2-1-3-11-20/h4,6-7,14H,1-3,5,8-13H2,(H,19,21). The van der Waals surface area contributed by atoms with E-state index >= 15 is 0 Å². The number of rotatable bonds is 8. The molecule has 0 saturated carbocycles. The second kappa shape index (κ2) is 9.85. The van der Waals surface area contributed by atoms with Crippen molar-refractivity contribution in [3.63, 3.8) is 0 Å². The topological polar surface area (TPSA) is 41.6 Å². The van der Waals surface area contributed by atoms with E-state index in [9.17, 15) is 4.79 Å². The van der Waals surface area contributed by atoms with Gasteiger partial charge in [0.05, 0.1) is 13.0 Å². The Morgan fingerprint density at radius 3 is 2.86 bits per heavy atom. The van der Waals surface area contributed by atoms with E-state index < -0.39 is 0 Å².